The number of benzene rings is 2. The van der Waals surface area contributed by atoms with Gasteiger partial charge in [0.2, 0.25) is 0 Å². The maximum atomic E-state index is 12.4. The van der Waals surface area contributed by atoms with Crippen molar-refractivity contribution in [3.8, 4) is 11.3 Å². The Bertz CT molecular complexity index is 1030. The summed E-state index contributed by atoms with van der Waals surface area (Å²) in [6.07, 6.45) is 4.96. The highest BCUT2D eigenvalue weighted by Crippen LogP contribution is 2.23. The van der Waals surface area contributed by atoms with Crippen LogP contribution in [0.1, 0.15) is 25.7 Å². The van der Waals surface area contributed by atoms with E-state index in [2.05, 4.69) is 19.8 Å². The summed E-state index contributed by atoms with van der Waals surface area (Å²) in [7, 11) is -3.60. The molecule has 1 aliphatic rings. The minimum absolute atomic E-state index is 0.235. The molecule has 3 aromatic rings. The summed E-state index contributed by atoms with van der Waals surface area (Å²) in [6.45, 7) is 2.06. The van der Waals surface area contributed by atoms with E-state index in [0.29, 0.717) is 5.69 Å². The third kappa shape index (κ3) is 4.74. The van der Waals surface area contributed by atoms with Crippen LogP contribution in [0.2, 0.25) is 0 Å². The van der Waals surface area contributed by atoms with E-state index < -0.39 is 10.0 Å². The normalized spacial score (nSPS) is 15.0. The molecule has 1 saturated heterocycles. The van der Waals surface area contributed by atoms with Crippen LogP contribution in [0.3, 0.4) is 0 Å². The highest BCUT2D eigenvalue weighted by molar-refractivity contribution is 7.92. The molecule has 1 fully saturated rings. The number of anilines is 2. The molecule has 6 nitrogen and oxygen atoms in total. The van der Waals surface area contributed by atoms with Gasteiger partial charge in [0.25, 0.3) is 10.0 Å². The molecule has 0 bridgehead atoms. The molecule has 2 heterocycles. The van der Waals surface area contributed by atoms with Gasteiger partial charge in [-0.05, 0) is 49.2 Å². The fourth-order valence-electron chi connectivity index (χ4n) is 3.47. The molecule has 1 aromatic heterocycles. The number of aromatic nitrogens is 2. The minimum Gasteiger partial charge on any atom is -0.355 e. The Balaban J connectivity index is 1.46. The smallest absolute Gasteiger partial charge is 0.261 e. The zero-order valence-electron chi connectivity index (χ0n) is 16.2. The average Bonchev–Trinajstić information content (AvgIpc) is 3.05. The molecular weight excluding hydrogens is 384 g/mol. The van der Waals surface area contributed by atoms with Crippen LogP contribution in [0, 0.1) is 0 Å². The minimum atomic E-state index is -3.60. The second-order valence-corrected chi connectivity index (χ2v) is 8.86. The molecule has 7 heteroatoms. The Hall–Kier alpha value is -2.93. The maximum Gasteiger partial charge on any atom is 0.261 e. The Labute approximate surface area is 171 Å². The summed E-state index contributed by atoms with van der Waals surface area (Å²) in [5.41, 5.74) is 2.16. The topological polar surface area (TPSA) is 75.2 Å². The number of hydrogen-bond acceptors (Lipinski definition) is 5. The van der Waals surface area contributed by atoms with Gasteiger partial charge in [0.1, 0.15) is 0 Å². The molecule has 0 radical (unpaired) electrons. The fourth-order valence-corrected chi connectivity index (χ4v) is 4.55. The molecule has 29 heavy (non-hydrogen) atoms. The van der Waals surface area contributed by atoms with Crippen molar-refractivity contribution in [3.63, 3.8) is 0 Å². The molecule has 0 unspecified atom stereocenters. The predicted octanol–water partition coefficient (Wildman–Crippen LogP) is 4.32. The predicted molar refractivity (Wildman–Crippen MR) is 115 cm³/mol. The molecule has 150 valence electrons. The number of hydrogen-bond donors (Lipinski definition) is 1. The van der Waals surface area contributed by atoms with Gasteiger partial charge in [0.05, 0.1) is 10.6 Å². The van der Waals surface area contributed by atoms with Gasteiger partial charge in [-0.3, -0.25) is 4.72 Å². The molecule has 2 aromatic carbocycles. The van der Waals surface area contributed by atoms with Crippen LogP contribution in [0.15, 0.2) is 71.6 Å². The third-order valence-corrected chi connectivity index (χ3v) is 6.46. The number of nitrogens with zero attached hydrogens (tertiary/aromatic N) is 3. The fraction of sp³-hybridized carbons (Fsp3) is 0.273. The summed E-state index contributed by atoms with van der Waals surface area (Å²) in [4.78, 5) is 2.53. The first-order valence-corrected chi connectivity index (χ1v) is 11.4. The van der Waals surface area contributed by atoms with Crippen LogP contribution >= 0.6 is 0 Å². The van der Waals surface area contributed by atoms with E-state index in [9.17, 15) is 8.42 Å². The second-order valence-electron chi connectivity index (χ2n) is 7.17. The summed E-state index contributed by atoms with van der Waals surface area (Å²) in [6, 6.07) is 19.5. The molecule has 0 atom stereocenters. The summed E-state index contributed by atoms with van der Waals surface area (Å²) >= 11 is 0. The van der Waals surface area contributed by atoms with Crippen molar-refractivity contribution in [2.75, 3.05) is 22.7 Å². The van der Waals surface area contributed by atoms with E-state index in [0.717, 1.165) is 30.2 Å². The van der Waals surface area contributed by atoms with Crippen LogP contribution in [-0.4, -0.2) is 31.7 Å². The zero-order valence-corrected chi connectivity index (χ0v) is 17.0. The summed E-state index contributed by atoms with van der Waals surface area (Å²) < 4.78 is 27.5. The number of nitrogens with one attached hydrogen (secondary N) is 1. The molecule has 1 N–H and O–H groups in total. The average molecular weight is 409 g/mol. The van der Waals surface area contributed by atoms with E-state index in [4.69, 9.17) is 0 Å². The Kier molecular flexibility index (Phi) is 5.76. The van der Waals surface area contributed by atoms with E-state index in [-0.39, 0.29) is 4.90 Å². The first kappa shape index (κ1) is 19.4. The Morgan fingerprint density at radius 2 is 1.45 bits per heavy atom. The monoisotopic (exact) mass is 408 g/mol. The third-order valence-electron chi connectivity index (χ3n) is 5.07. The van der Waals surface area contributed by atoms with Crippen molar-refractivity contribution in [2.45, 2.75) is 30.6 Å². The largest absolute Gasteiger partial charge is 0.355 e. The molecule has 0 amide bonds. The lowest BCUT2D eigenvalue weighted by atomic mass is 10.1. The number of sulfonamides is 1. The highest BCUT2D eigenvalue weighted by Gasteiger charge is 2.14. The van der Waals surface area contributed by atoms with Gasteiger partial charge >= 0.3 is 0 Å². The summed E-state index contributed by atoms with van der Waals surface area (Å²) in [5.74, 6) is 0.919. The van der Waals surface area contributed by atoms with E-state index in [1.807, 2.05) is 24.3 Å². The van der Waals surface area contributed by atoms with Gasteiger partial charge < -0.3 is 4.90 Å². The lowest BCUT2D eigenvalue weighted by Gasteiger charge is -2.20. The van der Waals surface area contributed by atoms with Crippen molar-refractivity contribution >= 4 is 21.5 Å². The standard InChI is InChI=1S/C22H24N4O2S/c27-29(28,20-8-4-3-5-9-20)25-19-12-10-18(11-13-19)21-14-15-22(24-23-21)26-16-6-1-2-7-17-26/h3-5,8-15,25H,1-2,6-7,16-17H2. The van der Waals surface area contributed by atoms with Crippen molar-refractivity contribution in [2.24, 2.45) is 0 Å². The van der Waals surface area contributed by atoms with Gasteiger partial charge in [-0.15, -0.1) is 10.2 Å². The Morgan fingerprint density at radius 3 is 2.07 bits per heavy atom. The van der Waals surface area contributed by atoms with Gasteiger partial charge in [0.15, 0.2) is 5.82 Å². The van der Waals surface area contributed by atoms with Gasteiger partial charge in [0, 0.05) is 24.3 Å². The van der Waals surface area contributed by atoms with Crippen LogP contribution < -0.4 is 9.62 Å². The lowest BCUT2D eigenvalue weighted by molar-refractivity contribution is 0.601. The zero-order chi connectivity index (χ0) is 20.1. The number of rotatable bonds is 5. The quantitative estimate of drug-likeness (QED) is 0.680. The van der Waals surface area contributed by atoms with Crippen LogP contribution in [0.5, 0.6) is 0 Å². The SMILES string of the molecule is O=S(=O)(Nc1ccc(-c2ccc(N3CCCCCC3)nn2)cc1)c1ccccc1. The molecule has 0 saturated carbocycles. The molecule has 4 rings (SSSR count). The lowest BCUT2D eigenvalue weighted by Crippen LogP contribution is -2.25. The van der Waals surface area contributed by atoms with Gasteiger partial charge in [-0.1, -0.05) is 43.2 Å². The first-order valence-electron chi connectivity index (χ1n) is 9.89. The first-order chi connectivity index (χ1) is 14.1. The highest BCUT2D eigenvalue weighted by atomic mass is 32.2. The molecule has 1 aliphatic heterocycles. The molecule has 0 spiro atoms. The van der Waals surface area contributed by atoms with Crippen LogP contribution in [0.4, 0.5) is 11.5 Å². The van der Waals surface area contributed by atoms with E-state index in [1.165, 1.54) is 25.7 Å². The van der Waals surface area contributed by atoms with Gasteiger partial charge in [-0.25, -0.2) is 8.42 Å². The van der Waals surface area contributed by atoms with E-state index >= 15 is 0 Å². The van der Waals surface area contributed by atoms with Crippen molar-refractivity contribution in [3.05, 3.63) is 66.7 Å². The summed E-state index contributed by atoms with van der Waals surface area (Å²) in [5, 5.41) is 8.78. The van der Waals surface area contributed by atoms with Crippen molar-refractivity contribution < 1.29 is 8.42 Å². The van der Waals surface area contributed by atoms with Crippen LogP contribution in [0.25, 0.3) is 11.3 Å². The van der Waals surface area contributed by atoms with Crippen LogP contribution in [-0.2, 0) is 10.0 Å². The second kappa shape index (κ2) is 8.61. The van der Waals surface area contributed by atoms with E-state index in [1.54, 1.807) is 42.5 Å². The van der Waals surface area contributed by atoms with Crippen molar-refractivity contribution in [1.82, 2.24) is 10.2 Å². The van der Waals surface area contributed by atoms with Gasteiger partial charge in [-0.2, -0.15) is 0 Å². The molecule has 0 aliphatic carbocycles. The van der Waals surface area contributed by atoms with Crippen molar-refractivity contribution in [1.29, 1.82) is 0 Å². The Morgan fingerprint density at radius 1 is 0.759 bits per heavy atom. The maximum absolute atomic E-state index is 12.4. The molecular formula is C22H24N4O2S.